The van der Waals surface area contributed by atoms with Crippen molar-refractivity contribution >= 4 is 29.2 Å². The molecule has 0 amide bonds. The second-order valence-electron chi connectivity index (χ2n) is 5.74. The van der Waals surface area contributed by atoms with E-state index in [9.17, 15) is 4.79 Å². The number of aliphatic imine (C=N–C) groups is 2. The van der Waals surface area contributed by atoms with Crippen molar-refractivity contribution in [1.82, 2.24) is 0 Å². The summed E-state index contributed by atoms with van der Waals surface area (Å²) in [5, 5.41) is 0.614. The number of ether oxygens (including phenoxy) is 2. The van der Waals surface area contributed by atoms with Gasteiger partial charge in [0.15, 0.2) is 6.04 Å². The average Bonchev–Trinajstić information content (AvgIpc) is 3.05. The van der Waals surface area contributed by atoms with E-state index in [0.29, 0.717) is 35.2 Å². The maximum absolute atomic E-state index is 12.3. The van der Waals surface area contributed by atoms with Gasteiger partial charge in [0, 0.05) is 21.9 Å². The van der Waals surface area contributed by atoms with Crippen LogP contribution in [0.4, 0.5) is 0 Å². The molecule has 1 unspecified atom stereocenters. The normalized spacial score (nSPS) is 17.0. The standard InChI is InChI=1S/C20H19ClN2O3/c1-3-16(22-12-14-6-4-5-7-17(14)25-2)18-20(24)26-19(23-18)13-8-10-15(21)11-9-13/h4-11,18H,3,12H2,1-2H3. The minimum Gasteiger partial charge on any atom is -0.496 e. The highest BCUT2D eigenvalue weighted by Crippen LogP contribution is 2.21. The number of methoxy groups -OCH3 is 1. The third kappa shape index (κ3) is 3.94. The molecule has 6 heteroatoms. The Kier molecular flexibility index (Phi) is 5.68. The van der Waals surface area contributed by atoms with E-state index < -0.39 is 12.0 Å². The zero-order valence-electron chi connectivity index (χ0n) is 14.6. The highest BCUT2D eigenvalue weighted by molar-refractivity contribution is 6.30. The summed E-state index contributed by atoms with van der Waals surface area (Å²) in [6.45, 7) is 2.37. The van der Waals surface area contributed by atoms with Crippen LogP contribution in [0, 0.1) is 0 Å². The predicted octanol–water partition coefficient (Wildman–Crippen LogP) is 4.07. The molecule has 3 rings (SSSR count). The van der Waals surface area contributed by atoms with Crippen molar-refractivity contribution in [3.05, 3.63) is 64.7 Å². The number of hydrogen-bond donors (Lipinski definition) is 0. The van der Waals surface area contributed by atoms with Crippen molar-refractivity contribution in [2.24, 2.45) is 9.98 Å². The van der Waals surface area contributed by atoms with Crippen molar-refractivity contribution < 1.29 is 14.3 Å². The van der Waals surface area contributed by atoms with Crippen LogP contribution in [0.25, 0.3) is 0 Å². The van der Waals surface area contributed by atoms with Crippen LogP contribution in [0.2, 0.25) is 5.02 Å². The molecular weight excluding hydrogens is 352 g/mol. The van der Waals surface area contributed by atoms with Gasteiger partial charge in [-0.25, -0.2) is 9.79 Å². The number of cyclic esters (lactones) is 1. The molecule has 26 heavy (non-hydrogen) atoms. The highest BCUT2D eigenvalue weighted by Gasteiger charge is 2.33. The van der Waals surface area contributed by atoms with Crippen LogP contribution < -0.4 is 4.74 Å². The topological polar surface area (TPSA) is 60.3 Å². The SMILES string of the molecule is CCC(=NCc1ccccc1OC)C1N=C(c2ccc(Cl)cc2)OC1=O. The predicted molar refractivity (Wildman–Crippen MR) is 102 cm³/mol. The van der Waals surface area contributed by atoms with E-state index in [1.165, 1.54) is 0 Å². The molecule has 0 aromatic heterocycles. The Morgan fingerprint density at radius 2 is 1.96 bits per heavy atom. The maximum atomic E-state index is 12.3. The molecule has 134 valence electrons. The van der Waals surface area contributed by atoms with Gasteiger partial charge in [-0.05, 0) is 36.8 Å². The van der Waals surface area contributed by atoms with Crippen LogP contribution in [0.15, 0.2) is 58.5 Å². The fraction of sp³-hybridized carbons (Fsp3) is 0.250. The van der Waals surface area contributed by atoms with Gasteiger partial charge in [-0.3, -0.25) is 4.99 Å². The lowest BCUT2D eigenvalue weighted by Crippen LogP contribution is -2.25. The molecular formula is C20H19ClN2O3. The van der Waals surface area contributed by atoms with Gasteiger partial charge in [0.2, 0.25) is 5.90 Å². The minimum absolute atomic E-state index is 0.301. The Morgan fingerprint density at radius 1 is 1.23 bits per heavy atom. The van der Waals surface area contributed by atoms with E-state index in [4.69, 9.17) is 21.1 Å². The molecule has 0 saturated carbocycles. The monoisotopic (exact) mass is 370 g/mol. The number of benzene rings is 2. The second-order valence-corrected chi connectivity index (χ2v) is 6.17. The molecule has 1 atom stereocenters. The van der Waals surface area contributed by atoms with E-state index >= 15 is 0 Å². The van der Waals surface area contributed by atoms with Crippen molar-refractivity contribution in [3.63, 3.8) is 0 Å². The van der Waals surface area contributed by atoms with Gasteiger partial charge in [-0.2, -0.15) is 0 Å². The number of carbonyl (C=O) groups is 1. The van der Waals surface area contributed by atoms with Gasteiger partial charge in [-0.1, -0.05) is 36.7 Å². The highest BCUT2D eigenvalue weighted by atomic mass is 35.5. The Morgan fingerprint density at radius 3 is 2.65 bits per heavy atom. The lowest BCUT2D eigenvalue weighted by molar-refractivity contribution is -0.133. The Balaban J connectivity index is 1.82. The number of halogens is 1. The smallest absolute Gasteiger partial charge is 0.343 e. The molecule has 5 nitrogen and oxygen atoms in total. The molecule has 1 aliphatic rings. The van der Waals surface area contributed by atoms with E-state index in [2.05, 4.69) is 9.98 Å². The molecule has 2 aromatic rings. The van der Waals surface area contributed by atoms with Crippen LogP contribution >= 0.6 is 11.6 Å². The fourth-order valence-electron chi connectivity index (χ4n) is 2.70. The number of esters is 1. The lowest BCUT2D eigenvalue weighted by atomic mass is 10.1. The summed E-state index contributed by atoms with van der Waals surface area (Å²) in [6, 6.07) is 14.0. The van der Waals surface area contributed by atoms with E-state index in [0.717, 1.165) is 11.3 Å². The third-order valence-corrected chi connectivity index (χ3v) is 4.33. The summed E-state index contributed by atoms with van der Waals surface area (Å²) in [7, 11) is 1.63. The molecule has 0 radical (unpaired) electrons. The van der Waals surface area contributed by atoms with Crippen molar-refractivity contribution in [2.75, 3.05) is 7.11 Å². The van der Waals surface area contributed by atoms with Gasteiger partial charge in [0.25, 0.3) is 0 Å². The summed E-state index contributed by atoms with van der Waals surface area (Å²) in [5.41, 5.74) is 2.35. The van der Waals surface area contributed by atoms with Crippen LogP contribution in [0.3, 0.4) is 0 Å². The average molecular weight is 371 g/mol. The van der Waals surface area contributed by atoms with Crippen molar-refractivity contribution in [1.29, 1.82) is 0 Å². The summed E-state index contributed by atoms with van der Waals surface area (Å²) >= 11 is 5.90. The fourth-order valence-corrected chi connectivity index (χ4v) is 2.82. The summed E-state index contributed by atoms with van der Waals surface area (Å²) < 4.78 is 10.7. The van der Waals surface area contributed by atoms with Gasteiger partial charge in [0.1, 0.15) is 5.75 Å². The molecule has 0 spiro atoms. The maximum Gasteiger partial charge on any atom is 0.343 e. The second kappa shape index (κ2) is 8.15. The van der Waals surface area contributed by atoms with Gasteiger partial charge < -0.3 is 9.47 Å². The number of carbonyl (C=O) groups excluding carboxylic acids is 1. The number of hydrogen-bond acceptors (Lipinski definition) is 5. The molecule has 0 N–H and O–H groups in total. The van der Waals surface area contributed by atoms with Gasteiger partial charge in [0.05, 0.1) is 13.7 Å². The molecule has 2 aromatic carbocycles. The van der Waals surface area contributed by atoms with Crippen molar-refractivity contribution in [2.45, 2.75) is 25.9 Å². The molecule has 0 fully saturated rings. The van der Waals surface area contributed by atoms with Crippen LogP contribution in [0.1, 0.15) is 24.5 Å². The Bertz CT molecular complexity index is 860. The molecule has 0 aliphatic carbocycles. The van der Waals surface area contributed by atoms with E-state index in [1.807, 2.05) is 31.2 Å². The molecule has 0 saturated heterocycles. The third-order valence-electron chi connectivity index (χ3n) is 4.08. The first kappa shape index (κ1) is 18.1. The van der Waals surface area contributed by atoms with Gasteiger partial charge >= 0.3 is 5.97 Å². The molecule has 1 heterocycles. The largest absolute Gasteiger partial charge is 0.496 e. The summed E-state index contributed by atoms with van der Waals surface area (Å²) in [6.07, 6.45) is 0.603. The van der Waals surface area contributed by atoms with Crippen LogP contribution in [-0.4, -0.2) is 30.7 Å². The lowest BCUT2D eigenvalue weighted by Gasteiger charge is -2.09. The van der Waals surface area contributed by atoms with Gasteiger partial charge in [-0.15, -0.1) is 0 Å². The van der Waals surface area contributed by atoms with E-state index in [-0.39, 0.29) is 0 Å². The zero-order chi connectivity index (χ0) is 18.5. The first-order valence-corrected chi connectivity index (χ1v) is 8.70. The quantitative estimate of drug-likeness (QED) is 0.568. The molecule has 1 aliphatic heterocycles. The zero-order valence-corrected chi connectivity index (χ0v) is 15.4. The first-order valence-electron chi connectivity index (χ1n) is 8.33. The van der Waals surface area contributed by atoms with Crippen LogP contribution in [0.5, 0.6) is 5.75 Å². The minimum atomic E-state index is -0.708. The van der Waals surface area contributed by atoms with Crippen molar-refractivity contribution in [3.8, 4) is 5.75 Å². The molecule has 0 bridgehead atoms. The Labute approximate surface area is 157 Å². The summed E-state index contributed by atoms with van der Waals surface area (Å²) in [5.74, 6) is 0.664. The summed E-state index contributed by atoms with van der Waals surface area (Å²) in [4.78, 5) is 21.3. The first-order chi connectivity index (χ1) is 12.6. The van der Waals surface area contributed by atoms with Crippen LogP contribution in [-0.2, 0) is 16.1 Å². The number of para-hydroxylation sites is 1. The Hall–Kier alpha value is -2.66. The number of rotatable bonds is 6. The van der Waals surface area contributed by atoms with E-state index in [1.54, 1.807) is 31.4 Å². The number of nitrogens with zero attached hydrogens (tertiary/aromatic N) is 2.